The molecule has 3 atom stereocenters. The average molecular weight is 368 g/mol. The van der Waals surface area contributed by atoms with Crippen molar-refractivity contribution in [1.82, 2.24) is 0 Å². The van der Waals surface area contributed by atoms with E-state index >= 15 is 0 Å². The zero-order valence-electron chi connectivity index (χ0n) is 12.4. The molecule has 0 bridgehead atoms. The molecule has 1 heterocycles. The lowest BCUT2D eigenvalue weighted by Gasteiger charge is -2.29. The zero-order chi connectivity index (χ0) is 19.2. The zero-order valence-corrected chi connectivity index (χ0v) is 12.4. The first-order chi connectivity index (χ1) is 11.4. The minimum atomic E-state index is -5.12. The predicted octanol–water partition coefficient (Wildman–Crippen LogP) is 3.21. The summed E-state index contributed by atoms with van der Waals surface area (Å²) in [5, 5.41) is 18.2. The Morgan fingerprint density at radius 3 is 2.36 bits per heavy atom. The van der Waals surface area contributed by atoms with Gasteiger partial charge in [-0.05, 0) is 25.1 Å². The summed E-state index contributed by atoms with van der Waals surface area (Å²) in [7, 11) is 0. The fourth-order valence-corrected chi connectivity index (χ4v) is 2.50. The first-order valence-electron chi connectivity index (χ1n) is 6.74. The predicted molar refractivity (Wildman–Crippen MR) is 70.4 cm³/mol. The molecular weight excluding hydrogens is 358 g/mol. The second kappa shape index (κ2) is 6.11. The number of rotatable bonds is 2. The van der Waals surface area contributed by atoms with Crippen LogP contribution in [0.5, 0.6) is 0 Å². The molecule has 0 saturated carbocycles. The number of carbonyl (C=O) groups excluding carboxylic acids is 1. The number of amides is 1. The summed E-state index contributed by atoms with van der Waals surface area (Å²) in [6.07, 6.45) is -15.9. The van der Waals surface area contributed by atoms with Crippen molar-refractivity contribution in [3.8, 4) is 6.07 Å². The molecule has 0 spiro atoms. The molecule has 0 radical (unpaired) electrons. The van der Waals surface area contributed by atoms with Crippen LogP contribution in [-0.2, 0) is 10.9 Å². The van der Waals surface area contributed by atoms with Crippen molar-refractivity contribution in [2.24, 2.45) is 0 Å². The van der Waals surface area contributed by atoms with Gasteiger partial charge < -0.3 is 9.84 Å². The van der Waals surface area contributed by atoms with Gasteiger partial charge in [0.15, 0.2) is 6.10 Å². The summed E-state index contributed by atoms with van der Waals surface area (Å²) < 4.78 is 82.1. The van der Waals surface area contributed by atoms with Gasteiger partial charge in [-0.1, -0.05) is 0 Å². The molecule has 11 heteroatoms. The second-order valence-electron chi connectivity index (χ2n) is 5.28. The molecule has 136 valence electrons. The number of alkyl halides is 6. The summed E-state index contributed by atoms with van der Waals surface area (Å²) in [5.74, 6) is 0. The minimum Gasteiger partial charge on any atom is -0.444 e. The SMILES string of the molecule is C[C@@H]1OC(=O)N(c2ccc(C#N)c(C(F)(F)F)c2)[C@H]1C(O)C(F)(F)F. The molecule has 1 amide bonds. The summed E-state index contributed by atoms with van der Waals surface area (Å²) in [5.41, 5.74) is -2.75. The number of hydrogen-bond acceptors (Lipinski definition) is 4. The van der Waals surface area contributed by atoms with E-state index in [1.54, 1.807) is 0 Å². The van der Waals surface area contributed by atoms with Crippen LogP contribution in [0.2, 0.25) is 0 Å². The van der Waals surface area contributed by atoms with Gasteiger partial charge in [-0.15, -0.1) is 0 Å². The Labute approximate surface area is 137 Å². The van der Waals surface area contributed by atoms with Gasteiger partial charge >= 0.3 is 18.4 Å². The molecule has 1 unspecified atom stereocenters. The van der Waals surface area contributed by atoms with Gasteiger partial charge in [0.25, 0.3) is 0 Å². The molecule has 1 aromatic rings. The third kappa shape index (κ3) is 3.48. The van der Waals surface area contributed by atoms with Crippen LogP contribution in [0.15, 0.2) is 18.2 Å². The number of hydrogen-bond donors (Lipinski definition) is 1. The molecule has 1 fully saturated rings. The van der Waals surface area contributed by atoms with Crippen molar-refractivity contribution in [1.29, 1.82) is 5.26 Å². The van der Waals surface area contributed by atoms with Crippen LogP contribution in [0.4, 0.5) is 36.8 Å². The first-order valence-corrected chi connectivity index (χ1v) is 6.74. The van der Waals surface area contributed by atoms with E-state index < -0.39 is 53.5 Å². The van der Waals surface area contributed by atoms with Crippen LogP contribution >= 0.6 is 0 Å². The minimum absolute atomic E-state index is 0.305. The third-order valence-corrected chi connectivity index (χ3v) is 3.63. The summed E-state index contributed by atoms with van der Waals surface area (Å²) in [4.78, 5) is 12.1. The fourth-order valence-electron chi connectivity index (χ4n) is 2.50. The van der Waals surface area contributed by atoms with Crippen LogP contribution in [0, 0.1) is 11.3 Å². The molecule has 1 aliphatic heterocycles. The summed E-state index contributed by atoms with van der Waals surface area (Å²) in [6.45, 7) is 1.08. The lowest BCUT2D eigenvalue weighted by molar-refractivity contribution is -0.212. The van der Waals surface area contributed by atoms with Crippen molar-refractivity contribution in [2.75, 3.05) is 4.90 Å². The number of halogens is 6. The molecule has 25 heavy (non-hydrogen) atoms. The van der Waals surface area contributed by atoms with Gasteiger partial charge in [0.05, 0.1) is 17.2 Å². The van der Waals surface area contributed by atoms with Crippen LogP contribution in [-0.4, -0.2) is 35.6 Å². The number of benzene rings is 1. The van der Waals surface area contributed by atoms with Crippen molar-refractivity contribution in [3.63, 3.8) is 0 Å². The molecule has 1 N–H and O–H groups in total. The quantitative estimate of drug-likeness (QED) is 0.814. The van der Waals surface area contributed by atoms with Gasteiger partial charge in [0.1, 0.15) is 12.1 Å². The maximum absolute atomic E-state index is 13.0. The molecule has 1 aliphatic rings. The number of ether oxygens (including phenoxy) is 1. The first kappa shape index (κ1) is 18.9. The number of nitrogens with zero attached hydrogens (tertiary/aromatic N) is 2. The molecule has 0 aromatic heterocycles. The van der Waals surface area contributed by atoms with Crippen molar-refractivity contribution in [2.45, 2.75) is 37.5 Å². The topological polar surface area (TPSA) is 73.6 Å². The highest BCUT2D eigenvalue weighted by Crippen LogP contribution is 2.38. The number of nitriles is 1. The molecule has 1 aromatic carbocycles. The van der Waals surface area contributed by atoms with E-state index in [0.29, 0.717) is 11.0 Å². The standard InChI is InChI=1S/C14H10F6N2O3/c1-6-10(11(23)14(18,19)20)22(12(24)25-6)8-3-2-7(5-21)9(4-8)13(15,16)17/h2-4,6,10-11,23H,1H3/t6-,10+,11?/m0/s1. The van der Waals surface area contributed by atoms with Crippen LogP contribution in [0.1, 0.15) is 18.1 Å². The lowest BCUT2D eigenvalue weighted by Crippen LogP contribution is -2.51. The lowest BCUT2D eigenvalue weighted by atomic mass is 10.0. The van der Waals surface area contributed by atoms with Crippen LogP contribution in [0.25, 0.3) is 0 Å². The number of aliphatic hydroxyl groups excluding tert-OH is 1. The number of carbonyl (C=O) groups is 1. The normalized spacial score (nSPS) is 22.5. The van der Waals surface area contributed by atoms with E-state index in [-0.39, 0.29) is 0 Å². The summed E-state index contributed by atoms with van der Waals surface area (Å²) in [6, 6.07) is 1.32. The van der Waals surface area contributed by atoms with Crippen molar-refractivity contribution >= 4 is 11.8 Å². The molecule has 1 saturated heterocycles. The Morgan fingerprint density at radius 1 is 1.28 bits per heavy atom. The highest BCUT2D eigenvalue weighted by atomic mass is 19.4. The van der Waals surface area contributed by atoms with Crippen molar-refractivity contribution in [3.05, 3.63) is 29.3 Å². The Balaban J connectivity index is 2.55. The van der Waals surface area contributed by atoms with E-state index in [2.05, 4.69) is 4.74 Å². The van der Waals surface area contributed by atoms with E-state index in [4.69, 9.17) is 5.26 Å². The fraction of sp³-hybridized carbons (Fsp3) is 0.429. The van der Waals surface area contributed by atoms with Crippen LogP contribution < -0.4 is 4.90 Å². The van der Waals surface area contributed by atoms with Crippen LogP contribution in [0.3, 0.4) is 0 Å². The van der Waals surface area contributed by atoms with Gasteiger partial charge in [-0.3, -0.25) is 4.90 Å². The maximum Gasteiger partial charge on any atom is 0.417 e. The number of cyclic esters (lactones) is 1. The highest BCUT2D eigenvalue weighted by Gasteiger charge is 2.54. The van der Waals surface area contributed by atoms with E-state index in [9.17, 15) is 36.2 Å². The molecule has 0 aliphatic carbocycles. The summed E-state index contributed by atoms with van der Waals surface area (Å²) >= 11 is 0. The van der Waals surface area contributed by atoms with Crippen molar-refractivity contribution < 1.29 is 41.0 Å². The van der Waals surface area contributed by atoms with Gasteiger partial charge in [-0.25, -0.2) is 4.79 Å². The Kier molecular flexibility index (Phi) is 4.61. The Bertz CT molecular complexity index is 725. The molecular formula is C14H10F6N2O3. The monoisotopic (exact) mass is 368 g/mol. The van der Waals surface area contributed by atoms with Gasteiger partial charge in [-0.2, -0.15) is 31.6 Å². The van der Waals surface area contributed by atoms with E-state index in [1.165, 1.54) is 6.07 Å². The Hall–Kier alpha value is -2.48. The number of anilines is 1. The van der Waals surface area contributed by atoms with E-state index in [0.717, 1.165) is 19.1 Å². The van der Waals surface area contributed by atoms with Gasteiger partial charge in [0, 0.05) is 5.69 Å². The smallest absolute Gasteiger partial charge is 0.417 e. The highest BCUT2D eigenvalue weighted by molar-refractivity contribution is 5.91. The average Bonchev–Trinajstić information content (AvgIpc) is 2.78. The largest absolute Gasteiger partial charge is 0.444 e. The van der Waals surface area contributed by atoms with Gasteiger partial charge in [0.2, 0.25) is 0 Å². The molecule has 2 rings (SSSR count). The number of aliphatic hydroxyl groups is 1. The van der Waals surface area contributed by atoms with E-state index in [1.807, 2.05) is 0 Å². The third-order valence-electron chi connectivity index (χ3n) is 3.63. The Morgan fingerprint density at radius 2 is 1.88 bits per heavy atom. The molecule has 5 nitrogen and oxygen atoms in total. The maximum atomic E-state index is 13.0. The second-order valence-corrected chi connectivity index (χ2v) is 5.28.